The first-order valence-corrected chi connectivity index (χ1v) is 9.37. The first kappa shape index (κ1) is 19.2. The summed E-state index contributed by atoms with van der Waals surface area (Å²) in [6.45, 7) is 4.85. The van der Waals surface area contributed by atoms with Crippen molar-refractivity contribution in [1.29, 1.82) is 0 Å². The van der Waals surface area contributed by atoms with Gasteiger partial charge in [-0.25, -0.2) is 0 Å². The van der Waals surface area contributed by atoms with Crippen LogP contribution in [-0.2, 0) is 9.53 Å². The van der Waals surface area contributed by atoms with Crippen molar-refractivity contribution in [3.8, 4) is 5.75 Å². The Kier molecular flexibility index (Phi) is 6.29. The highest BCUT2D eigenvalue weighted by Gasteiger charge is 2.19. The summed E-state index contributed by atoms with van der Waals surface area (Å²) in [4.78, 5) is 24.7. The van der Waals surface area contributed by atoms with E-state index in [1.807, 2.05) is 38.1 Å². The molecule has 2 amide bonds. The fourth-order valence-electron chi connectivity index (χ4n) is 3.13. The van der Waals surface area contributed by atoms with Crippen molar-refractivity contribution in [3.05, 3.63) is 42.0 Å². The van der Waals surface area contributed by atoms with Crippen LogP contribution in [0.2, 0.25) is 0 Å². The number of benzene rings is 2. The van der Waals surface area contributed by atoms with Crippen molar-refractivity contribution < 1.29 is 19.1 Å². The lowest BCUT2D eigenvalue weighted by molar-refractivity contribution is -0.123. The summed E-state index contributed by atoms with van der Waals surface area (Å²) in [5, 5.41) is 7.60. The van der Waals surface area contributed by atoms with E-state index >= 15 is 0 Å². The Morgan fingerprint density at radius 2 is 1.96 bits per heavy atom. The molecule has 0 spiro atoms. The Hall–Kier alpha value is -2.60. The van der Waals surface area contributed by atoms with E-state index in [0.717, 1.165) is 30.2 Å². The molecular weight excluding hydrogens is 344 g/mol. The minimum absolute atomic E-state index is 0.0342. The molecule has 1 saturated heterocycles. The molecule has 1 unspecified atom stereocenters. The Morgan fingerprint density at radius 1 is 1.22 bits per heavy atom. The Bertz CT molecular complexity index is 813. The summed E-state index contributed by atoms with van der Waals surface area (Å²) >= 11 is 0. The number of nitrogens with one attached hydrogen (secondary N) is 2. The van der Waals surface area contributed by atoms with Gasteiger partial charge < -0.3 is 20.1 Å². The SMILES string of the molecule is CC(C)NC(=O)COc1cc2ccccc2cc1C(=O)NCC1CCCO1. The van der Waals surface area contributed by atoms with Crippen molar-refractivity contribution in [3.63, 3.8) is 0 Å². The molecule has 3 rings (SSSR count). The van der Waals surface area contributed by atoms with Crippen LogP contribution in [0, 0.1) is 0 Å². The zero-order chi connectivity index (χ0) is 19.2. The van der Waals surface area contributed by atoms with Gasteiger partial charge in [0.25, 0.3) is 11.8 Å². The molecule has 0 saturated carbocycles. The first-order valence-electron chi connectivity index (χ1n) is 9.37. The molecule has 6 heteroatoms. The van der Waals surface area contributed by atoms with Gasteiger partial charge in [-0.05, 0) is 49.6 Å². The van der Waals surface area contributed by atoms with E-state index in [1.54, 1.807) is 12.1 Å². The van der Waals surface area contributed by atoms with Gasteiger partial charge in [-0.1, -0.05) is 24.3 Å². The number of ether oxygens (including phenoxy) is 2. The fraction of sp³-hybridized carbons (Fsp3) is 0.429. The zero-order valence-electron chi connectivity index (χ0n) is 15.8. The smallest absolute Gasteiger partial charge is 0.258 e. The summed E-state index contributed by atoms with van der Waals surface area (Å²) in [5.41, 5.74) is 0.420. The van der Waals surface area contributed by atoms with E-state index in [9.17, 15) is 9.59 Å². The van der Waals surface area contributed by atoms with E-state index in [4.69, 9.17) is 9.47 Å². The normalized spacial score (nSPS) is 16.5. The molecule has 2 aromatic carbocycles. The maximum absolute atomic E-state index is 12.7. The predicted octanol–water partition coefficient (Wildman–Crippen LogP) is 2.65. The summed E-state index contributed by atoms with van der Waals surface area (Å²) < 4.78 is 11.3. The quantitative estimate of drug-likeness (QED) is 0.786. The van der Waals surface area contributed by atoms with E-state index in [0.29, 0.717) is 17.9 Å². The Morgan fingerprint density at radius 3 is 2.63 bits per heavy atom. The molecule has 1 aliphatic heterocycles. The number of hydrogen-bond donors (Lipinski definition) is 2. The Balaban J connectivity index is 1.77. The third-order valence-electron chi connectivity index (χ3n) is 4.42. The number of amides is 2. The van der Waals surface area contributed by atoms with Crippen LogP contribution in [0.1, 0.15) is 37.0 Å². The third kappa shape index (κ3) is 5.20. The molecule has 1 heterocycles. The van der Waals surface area contributed by atoms with Crippen LogP contribution in [0.4, 0.5) is 0 Å². The van der Waals surface area contributed by atoms with Crippen molar-refractivity contribution in [2.45, 2.75) is 38.8 Å². The second kappa shape index (κ2) is 8.86. The molecule has 0 radical (unpaired) electrons. The second-order valence-electron chi connectivity index (χ2n) is 7.05. The molecule has 1 fully saturated rings. The summed E-state index contributed by atoms with van der Waals surface area (Å²) in [6, 6.07) is 11.4. The van der Waals surface area contributed by atoms with E-state index in [1.165, 1.54) is 0 Å². The second-order valence-corrected chi connectivity index (χ2v) is 7.05. The van der Waals surface area contributed by atoms with Crippen molar-refractivity contribution >= 4 is 22.6 Å². The lowest BCUT2D eigenvalue weighted by atomic mass is 10.1. The monoisotopic (exact) mass is 370 g/mol. The van der Waals surface area contributed by atoms with Crippen molar-refractivity contribution in [1.82, 2.24) is 10.6 Å². The number of hydrogen-bond acceptors (Lipinski definition) is 4. The minimum atomic E-state index is -0.226. The molecular formula is C21H26N2O4. The van der Waals surface area contributed by atoms with Crippen LogP contribution >= 0.6 is 0 Å². The average Bonchev–Trinajstić information content (AvgIpc) is 3.16. The van der Waals surface area contributed by atoms with E-state index in [-0.39, 0.29) is 30.6 Å². The van der Waals surface area contributed by atoms with Crippen LogP contribution in [0.5, 0.6) is 5.75 Å². The summed E-state index contributed by atoms with van der Waals surface area (Å²) in [5.74, 6) is -0.0446. The van der Waals surface area contributed by atoms with E-state index < -0.39 is 0 Å². The van der Waals surface area contributed by atoms with Crippen LogP contribution in [-0.4, -0.2) is 43.7 Å². The summed E-state index contributed by atoms with van der Waals surface area (Å²) in [7, 11) is 0. The van der Waals surface area contributed by atoms with Crippen LogP contribution in [0.25, 0.3) is 10.8 Å². The maximum atomic E-state index is 12.7. The summed E-state index contributed by atoms with van der Waals surface area (Å²) in [6.07, 6.45) is 2.04. The van der Waals surface area contributed by atoms with Crippen molar-refractivity contribution in [2.75, 3.05) is 19.8 Å². The standard InChI is InChI=1S/C21H26N2O4/c1-14(2)23-20(24)13-27-19-11-16-7-4-3-6-15(16)10-18(19)21(25)22-12-17-8-5-9-26-17/h3-4,6-7,10-11,14,17H,5,8-9,12-13H2,1-2H3,(H,22,25)(H,23,24). The highest BCUT2D eigenvalue weighted by atomic mass is 16.5. The van der Waals surface area contributed by atoms with E-state index in [2.05, 4.69) is 10.6 Å². The van der Waals surface area contributed by atoms with Crippen LogP contribution < -0.4 is 15.4 Å². The largest absolute Gasteiger partial charge is 0.483 e. The molecule has 0 aromatic heterocycles. The van der Waals surface area contributed by atoms with Gasteiger partial charge in [-0.2, -0.15) is 0 Å². The Labute approximate surface area is 159 Å². The molecule has 1 aliphatic rings. The third-order valence-corrected chi connectivity index (χ3v) is 4.42. The van der Waals surface area contributed by atoms with Gasteiger partial charge in [-0.15, -0.1) is 0 Å². The minimum Gasteiger partial charge on any atom is -0.483 e. The van der Waals surface area contributed by atoms with Gasteiger partial charge >= 0.3 is 0 Å². The average molecular weight is 370 g/mol. The van der Waals surface area contributed by atoms with Gasteiger partial charge in [0.2, 0.25) is 0 Å². The molecule has 1 atom stereocenters. The lowest BCUT2D eigenvalue weighted by Crippen LogP contribution is -2.35. The first-order chi connectivity index (χ1) is 13.0. The number of carbonyl (C=O) groups is 2. The van der Waals surface area contributed by atoms with Gasteiger partial charge in [0.05, 0.1) is 11.7 Å². The maximum Gasteiger partial charge on any atom is 0.258 e. The van der Waals surface area contributed by atoms with Gasteiger partial charge in [-0.3, -0.25) is 9.59 Å². The topological polar surface area (TPSA) is 76.7 Å². The molecule has 2 N–H and O–H groups in total. The highest BCUT2D eigenvalue weighted by Crippen LogP contribution is 2.26. The molecule has 144 valence electrons. The molecule has 6 nitrogen and oxygen atoms in total. The highest BCUT2D eigenvalue weighted by molar-refractivity contribution is 6.01. The molecule has 0 aliphatic carbocycles. The lowest BCUT2D eigenvalue weighted by Gasteiger charge is -2.15. The van der Waals surface area contributed by atoms with Crippen LogP contribution in [0.15, 0.2) is 36.4 Å². The molecule has 0 bridgehead atoms. The predicted molar refractivity (Wildman–Crippen MR) is 104 cm³/mol. The number of carbonyl (C=O) groups excluding carboxylic acids is 2. The number of fused-ring (bicyclic) bond motifs is 1. The van der Waals surface area contributed by atoms with Crippen LogP contribution in [0.3, 0.4) is 0 Å². The molecule has 2 aromatic rings. The van der Waals surface area contributed by atoms with Crippen molar-refractivity contribution in [2.24, 2.45) is 0 Å². The number of rotatable bonds is 7. The molecule has 27 heavy (non-hydrogen) atoms. The zero-order valence-corrected chi connectivity index (χ0v) is 15.8. The van der Waals surface area contributed by atoms with Gasteiger partial charge in [0.1, 0.15) is 5.75 Å². The fourth-order valence-corrected chi connectivity index (χ4v) is 3.13. The van der Waals surface area contributed by atoms with Gasteiger partial charge in [0.15, 0.2) is 6.61 Å². The van der Waals surface area contributed by atoms with Gasteiger partial charge in [0, 0.05) is 19.2 Å².